The Kier molecular flexibility index (Phi) is 6.74. The molecule has 6 rings (SSSR count). The van der Waals surface area contributed by atoms with E-state index in [0.717, 1.165) is 29.5 Å². The molecule has 12 heteroatoms. The zero-order valence-corrected chi connectivity index (χ0v) is 22.0. The molecular weight excluding hydrogens is 512 g/mol. The molecule has 0 radical (unpaired) electrons. The maximum atomic E-state index is 13.1. The molecule has 4 aromatic rings. The van der Waals surface area contributed by atoms with Crippen LogP contribution in [0.4, 0.5) is 11.4 Å². The standard InChI is InChI=1S/C28H30N8O4/c29-22-23(25(38)24(22)37)35-9-8-18-7-6-17(10-19(18)14-35)13-30-26(39)20-11-21(36-28(34-20)32-15-33-36)27(40)31-12-16-4-2-1-3-5-16/h6-7,10-11,15-16H,1-5,8-9,12-14,29H2,(H,30,39)(H,31,40). The van der Waals surface area contributed by atoms with Crippen LogP contribution in [0.5, 0.6) is 0 Å². The Labute approximate surface area is 229 Å². The Morgan fingerprint density at radius 1 is 1.00 bits per heavy atom. The number of anilines is 2. The molecule has 0 unspecified atom stereocenters. The molecule has 2 aromatic carbocycles. The van der Waals surface area contributed by atoms with Crippen LogP contribution in [0, 0.1) is 5.92 Å². The van der Waals surface area contributed by atoms with Crippen LogP contribution in [-0.2, 0) is 19.5 Å². The third-order valence-electron chi connectivity index (χ3n) is 7.97. The highest BCUT2D eigenvalue weighted by molar-refractivity contribution is 5.98. The van der Waals surface area contributed by atoms with Gasteiger partial charge in [0, 0.05) is 32.2 Å². The number of nitrogens with two attached hydrogens (primary N) is 1. The summed E-state index contributed by atoms with van der Waals surface area (Å²) >= 11 is 0. The van der Waals surface area contributed by atoms with Gasteiger partial charge in [0.1, 0.15) is 29.1 Å². The first-order chi connectivity index (χ1) is 19.4. The zero-order valence-electron chi connectivity index (χ0n) is 22.0. The Morgan fingerprint density at radius 2 is 1.82 bits per heavy atom. The third-order valence-corrected chi connectivity index (χ3v) is 7.97. The summed E-state index contributed by atoms with van der Waals surface area (Å²) in [5, 5.41) is 9.97. The van der Waals surface area contributed by atoms with Crippen LogP contribution in [0.3, 0.4) is 0 Å². The van der Waals surface area contributed by atoms with Crippen molar-refractivity contribution in [2.45, 2.75) is 51.6 Å². The van der Waals surface area contributed by atoms with E-state index in [0.29, 0.717) is 37.7 Å². The van der Waals surface area contributed by atoms with E-state index in [4.69, 9.17) is 5.73 Å². The van der Waals surface area contributed by atoms with E-state index in [2.05, 4.69) is 25.7 Å². The van der Waals surface area contributed by atoms with Crippen LogP contribution < -0.4 is 32.1 Å². The Hall–Kier alpha value is -4.61. The summed E-state index contributed by atoms with van der Waals surface area (Å²) in [6.07, 6.45) is 7.84. The van der Waals surface area contributed by atoms with E-state index in [9.17, 15) is 19.2 Å². The summed E-state index contributed by atoms with van der Waals surface area (Å²) in [6.45, 7) is 1.88. The van der Waals surface area contributed by atoms with Crippen molar-refractivity contribution in [1.29, 1.82) is 0 Å². The van der Waals surface area contributed by atoms with Gasteiger partial charge in [0.15, 0.2) is 0 Å². The maximum absolute atomic E-state index is 13.1. The lowest BCUT2D eigenvalue weighted by Gasteiger charge is -2.32. The first kappa shape index (κ1) is 25.7. The van der Waals surface area contributed by atoms with Gasteiger partial charge in [-0.25, -0.2) is 4.98 Å². The summed E-state index contributed by atoms with van der Waals surface area (Å²) in [7, 11) is 0. The molecule has 1 aliphatic heterocycles. The fourth-order valence-corrected chi connectivity index (χ4v) is 5.70. The number of nitrogens with zero attached hydrogens (tertiary/aromatic N) is 5. The van der Waals surface area contributed by atoms with Crippen molar-refractivity contribution in [2.24, 2.45) is 5.92 Å². The molecule has 2 aliphatic rings. The molecule has 0 saturated heterocycles. The minimum atomic E-state index is -0.625. The number of fused-ring (bicyclic) bond motifs is 2. The van der Waals surface area contributed by atoms with E-state index in [1.165, 1.54) is 36.2 Å². The van der Waals surface area contributed by atoms with Gasteiger partial charge >= 0.3 is 0 Å². The molecule has 2 aromatic heterocycles. The minimum Gasteiger partial charge on any atom is -0.394 e. The number of amides is 2. The van der Waals surface area contributed by atoms with Gasteiger partial charge in [0.2, 0.25) is 0 Å². The van der Waals surface area contributed by atoms with Crippen molar-refractivity contribution >= 4 is 29.0 Å². The molecule has 40 heavy (non-hydrogen) atoms. The van der Waals surface area contributed by atoms with Gasteiger partial charge in [-0.3, -0.25) is 19.2 Å². The largest absolute Gasteiger partial charge is 0.394 e. The first-order valence-corrected chi connectivity index (χ1v) is 13.6. The second-order valence-corrected chi connectivity index (χ2v) is 10.6. The van der Waals surface area contributed by atoms with Crippen molar-refractivity contribution in [2.75, 3.05) is 23.7 Å². The second kappa shape index (κ2) is 10.5. The van der Waals surface area contributed by atoms with Crippen molar-refractivity contribution in [3.05, 3.63) is 79.1 Å². The fourth-order valence-electron chi connectivity index (χ4n) is 5.70. The zero-order chi connectivity index (χ0) is 27.8. The summed E-state index contributed by atoms with van der Waals surface area (Å²) in [5.41, 5.74) is 8.20. The number of carbonyl (C=O) groups excluding carboxylic acids is 2. The number of aromatic nitrogens is 4. The average molecular weight is 543 g/mol. The van der Waals surface area contributed by atoms with E-state index >= 15 is 0 Å². The molecule has 0 atom stereocenters. The van der Waals surface area contributed by atoms with Crippen molar-refractivity contribution in [1.82, 2.24) is 30.2 Å². The van der Waals surface area contributed by atoms with Crippen molar-refractivity contribution in [3.8, 4) is 0 Å². The van der Waals surface area contributed by atoms with Crippen LogP contribution >= 0.6 is 0 Å². The van der Waals surface area contributed by atoms with Crippen LogP contribution in [0.1, 0.15) is 69.8 Å². The van der Waals surface area contributed by atoms with Crippen LogP contribution in [0.15, 0.2) is 40.2 Å². The highest BCUT2D eigenvalue weighted by Gasteiger charge is 2.27. The van der Waals surface area contributed by atoms with Gasteiger partial charge in [-0.15, -0.1) is 0 Å². The minimum absolute atomic E-state index is 0.0241. The number of nitrogen functional groups attached to an aromatic ring is 1. The Balaban J connectivity index is 1.14. The molecule has 2 amide bonds. The van der Waals surface area contributed by atoms with Crippen LogP contribution in [0.2, 0.25) is 0 Å². The van der Waals surface area contributed by atoms with Crippen LogP contribution in [0.25, 0.3) is 5.78 Å². The van der Waals surface area contributed by atoms with Crippen LogP contribution in [-0.4, -0.2) is 44.5 Å². The molecule has 0 bridgehead atoms. The molecular formula is C28H30N8O4. The molecule has 3 heterocycles. The molecule has 206 valence electrons. The number of hydrogen-bond donors (Lipinski definition) is 3. The predicted octanol–water partition coefficient (Wildman–Crippen LogP) is 1.11. The lowest BCUT2D eigenvalue weighted by Crippen LogP contribution is -2.44. The number of carbonyl (C=O) groups is 2. The van der Waals surface area contributed by atoms with E-state index in [-0.39, 0.29) is 35.3 Å². The lowest BCUT2D eigenvalue weighted by atomic mass is 9.89. The van der Waals surface area contributed by atoms with Gasteiger partial charge < -0.3 is 21.3 Å². The monoisotopic (exact) mass is 542 g/mol. The van der Waals surface area contributed by atoms with Gasteiger partial charge in [-0.05, 0) is 41.9 Å². The SMILES string of the molecule is Nc1c(N2CCc3ccc(CNC(=O)c4cc(C(=O)NCC5CCCCC5)n5ncnc5n4)cc3C2)c(=O)c1=O. The highest BCUT2D eigenvalue weighted by atomic mass is 16.2. The molecule has 0 spiro atoms. The Bertz CT molecular complexity index is 1680. The summed E-state index contributed by atoms with van der Waals surface area (Å²) < 4.78 is 1.34. The summed E-state index contributed by atoms with van der Waals surface area (Å²) in [5.74, 6) is -0.133. The van der Waals surface area contributed by atoms with Crippen molar-refractivity contribution in [3.63, 3.8) is 0 Å². The predicted molar refractivity (Wildman–Crippen MR) is 148 cm³/mol. The van der Waals surface area contributed by atoms with Gasteiger partial charge in [0.25, 0.3) is 28.4 Å². The highest BCUT2D eigenvalue weighted by Crippen LogP contribution is 2.26. The lowest BCUT2D eigenvalue weighted by molar-refractivity contribution is 0.0935. The smallest absolute Gasteiger partial charge is 0.270 e. The van der Waals surface area contributed by atoms with E-state index in [1.54, 1.807) is 0 Å². The first-order valence-electron chi connectivity index (χ1n) is 13.6. The second-order valence-electron chi connectivity index (χ2n) is 10.6. The van der Waals surface area contributed by atoms with Gasteiger partial charge in [0.05, 0.1) is 0 Å². The van der Waals surface area contributed by atoms with Gasteiger partial charge in [-0.1, -0.05) is 37.5 Å². The number of rotatable bonds is 7. The Morgan fingerprint density at radius 3 is 2.62 bits per heavy atom. The third kappa shape index (κ3) is 4.80. The number of benzene rings is 1. The van der Waals surface area contributed by atoms with E-state index < -0.39 is 16.8 Å². The molecule has 4 N–H and O–H groups in total. The molecule has 1 aliphatic carbocycles. The topological polar surface area (TPSA) is 165 Å². The summed E-state index contributed by atoms with van der Waals surface area (Å²) in [4.78, 5) is 59.9. The molecule has 1 saturated carbocycles. The number of nitrogens with one attached hydrogen (secondary N) is 2. The van der Waals surface area contributed by atoms with Gasteiger partial charge in [-0.2, -0.15) is 14.6 Å². The van der Waals surface area contributed by atoms with E-state index in [1.807, 2.05) is 23.1 Å². The average Bonchev–Trinajstić information content (AvgIpc) is 3.47. The fraction of sp³-hybridized carbons (Fsp3) is 0.393. The normalized spacial score (nSPS) is 15.8. The number of hydrogen-bond acceptors (Lipinski definition) is 9. The quantitative estimate of drug-likeness (QED) is 0.290. The maximum Gasteiger partial charge on any atom is 0.270 e. The summed E-state index contributed by atoms with van der Waals surface area (Å²) in [6, 6.07) is 7.37. The van der Waals surface area contributed by atoms with Crippen molar-refractivity contribution < 1.29 is 9.59 Å². The molecule has 1 fully saturated rings. The molecule has 12 nitrogen and oxygen atoms in total.